The lowest BCUT2D eigenvalue weighted by Gasteiger charge is -2.29. The van der Waals surface area contributed by atoms with Crippen LogP contribution in [0, 0.1) is 0 Å². The number of nitrogens with one attached hydrogen (secondary N) is 1. The van der Waals surface area contributed by atoms with E-state index in [0.717, 1.165) is 38.5 Å². The van der Waals surface area contributed by atoms with Crippen LogP contribution in [-0.2, 0) is 18.4 Å². The maximum absolute atomic E-state index is 13.0. The largest absolute Gasteiger partial charge is 0.756 e. The Kier molecular flexibility index (Phi) is 55.5. The van der Waals surface area contributed by atoms with E-state index >= 15 is 0 Å². The number of phosphoric acid groups is 1. The minimum absolute atomic E-state index is 0.00548. The summed E-state index contributed by atoms with van der Waals surface area (Å²) in [7, 11) is 1.25. The lowest BCUT2D eigenvalue weighted by molar-refractivity contribution is -0.870. The standard InChI is InChI=1S/C65H127N2O6P/c1-6-8-10-12-14-16-18-20-22-24-26-28-30-31-32-33-34-35-37-38-40-42-44-46-48-50-52-54-56-58-64(68)63(62-73-74(70,71)72-61-60-67(3,4)5)66-65(69)59-57-55-53-51-49-47-45-43-41-39-36-29-27-25-23-21-19-17-15-13-11-9-7-2/h25,27,48,50,56,58,63-64,68H,6-24,26,28-47,49,51-55,57,59-62H2,1-5H3,(H-,66,69,70,71)/b27-25-,50-48+,58-56+. The van der Waals surface area contributed by atoms with Crippen LogP contribution in [0.25, 0.3) is 0 Å². The van der Waals surface area contributed by atoms with Gasteiger partial charge in [0.15, 0.2) is 0 Å². The topological polar surface area (TPSA) is 108 Å². The van der Waals surface area contributed by atoms with Crippen molar-refractivity contribution in [1.82, 2.24) is 5.32 Å². The highest BCUT2D eigenvalue weighted by Crippen LogP contribution is 2.38. The van der Waals surface area contributed by atoms with Crippen molar-refractivity contribution in [3.63, 3.8) is 0 Å². The average Bonchev–Trinajstić information content (AvgIpc) is 3.36. The first kappa shape index (κ1) is 72.7. The molecule has 8 nitrogen and oxygen atoms in total. The molecule has 0 aromatic heterocycles. The zero-order valence-corrected chi connectivity index (χ0v) is 51.0. The van der Waals surface area contributed by atoms with Crippen molar-refractivity contribution in [2.75, 3.05) is 40.9 Å². The van der Waals surface area contributed by atoms with Gasteiger partial charge in [-0.3, -0.25) is 9.36 Å². The number of unbranched alkanes of at least 4 members (excludes halogenated alkanes) is 43. The van der Waals surface area contributed by atoms with Gasteiger partial charge in [-0.1, -0.05) is 294 Å². The van der Waals surface area contributed by atoms with Gasteiger partial charge in [-0.05, 0) is 57.8 Å². The summed E-state index contributed by atoms with van der Waals surface area (Å²) in [5.41, 5.74) is 0. The maximum atomic E-state index is 13.0. The Balaban J connectivity index is 4.15. The number of hydrogen-bond donors (Lipinski definition) is 2. The fourth-order valence-corrected chi connectivity index (χ4v) is 10.5. The Morgan fingerprint density at radius 3 is 1.09 bits per heavy atom. The molecule has 3 unspecified atom stereocenters. The van der Waals surface area contributed by atoms with Gasteiger partial charge in [0.2, 0.25) is 5.91 Å². The van der Waals surface area contributed by atoms with Gasteiger partial charge < -0.3 is 28.8 Å². The van der Waals surface area contributed by atoms with Gasteiger partial charge in [-0.2, -0.15) is 0 Å². The number of amides is 1. The molecule has 0 aromatic carbocycles. The summed E-state index contributed by atoms with van der Waals surface area (Å²) in [5, 5.41) is 13.9. The zero-order valence-electron chi connectivity index (χ0n) is 50.1. The van der Waals surface area contributed by atoms with E-state index in [9.17, 15) is 19.4 Å². The quantitative estimate of drug-likeness (QED) is 0.0272. The molecular weight excluding hydrogens is 936 g/mol. The lowest BCUT2D eigenvalue weighted by atomic mass is 10.0. The first-order valence-electron chi connectivity index (χ1n) is 32.4. The molecule has 0 aliphatic rings. The Morgan fingerprint density at radius 1 is 0.459 bits per heavy atom. The van der Waals surface area contributed by atoms with Gasteiger partial charge in [0.1, 0.15) is 13.2 Å². The van der Waals surface area contributed by atoms with Gasteiger partial charge in [0, 0.05) is 6.42 Å². The number of rotatable bonds is 60. The third kappa shape index (κ3) is 58.4. The minimum Gasteiger partial charge on any atom is -0.756 e. The number of carbonyl (C=O) groups is 1. The van der Waals surface area contributed by atoms with Crippen molar-refractivity contribution in [1.29, 1.82) is 0 Å². The Morgan fingerprint density at radius 2 is 0.757 bits per heavy atom. The molecule has 438 valence electrons. The molecule has 0 rings (SSSR count). The molecule has 2 N–H and O–H groups in total. The number of carbonyl (C=O) groups excluding carboxylic acids is 1. The van der Waals surface area contributed by atoms with Crippen LogP contribution in [0.2, 0.25) is 0 Å². The normalized spacial score (nSPS) is 14.0. The number of aliphatic hydroxyl groups excluding tert-OH is 1. The van der Waals surface area contributed by atoms with Crippen LogP contribution < -0.4 is 10.2 Å². The summed E-state index contributed by atoms with van der Waals surface area (Å²) >= 11 is 0. The van der Waals surface area contributed by atoms with Crippen molar-refractivity contribution in [3.05, 3.63) is 36.5 Å². The van der Waals surface area contributed by atoms with Crippen LogP contribution in [0.3, 0.4) is 0 Å². The predicted octanol–water partition coefficient (Wildman–Crippen LogP) is 19.5. The molecule has 1 amide bonds. The zero-order chi connectivity index (χ0) is 54.2. The van der Waals surface area contributed by atoms with Gasteiger partial charge in [-0.15, -0.1) is 0 Å². The number of likely N-dealkylation sites (N-methyl/N-ethyl adjacent to an activating group) is 1. The lowest BCUT2D eigenvalue weighted by Crippen LogP contribution is -2.45. The maximum Gasteiger partial charge on any atom is 0.268 e. The summed E-state index contributed by atoms with van der Waals surface area (Å²) in [6, 6.07) is -0.904. The molecule has 0 aliphatic heterocycles. The van der Waals surface area contributed by atoms with E-state index in [-0.39, 0.29) is 12.5 Å². The van der Waals surface area contributed by atoms with Gasteiger partial charge in [0.25, 0.3) is 7.82 Å². The van der Waals surface area contributed by atoms with E-state index in [1.165, 1.54) is 263 Å². The molecule has 9 heteroatoms. The highest BCUT2D eigenvalue weighted by molar-refractivity contribution is 7.45. The van der Waals surface area contributed by atoms with Crippen molar-refractivity contribution < 1.29 is 32.9 Å². The second-order valence-corrected chi connectivity index (χ2v) is 24.9. The first-order valence-corrected chi connectivity index (χ1v) is 33.8. The summed E-state index contributed by atoms with van der Waals surface area (Å²) in [5.74, 6) is -0.203. The average molecular weight is 1060 g/mol. The fraction of sp³-hybridized carbons (Fsp3) is 0.892. The van der Waals surface area contributed by atoms with Crippen molar-refractivity contribution in [2.45, 2.75) is 334 Å². The number of quaternary nitrogens is 1. The summed E-state index contributed by atoms with van der Waals surface area (Å²) < 4.78 is 23.4. The van der Waals surface area contributed by atoms with Crippen molar-refractivity contribution >= 4 is 13.7 Å². The minimum atomic E-state index is -4.61. The SMILES string of the molecule is CCCCCCCCCC/C=C\CCCCCCCCCCCCCC(=O)NC(COP(=O)([O-])OCC[N+](C)(C)C)C(O)/C=C/CC/C=C/CCCCCCCCCCCCCCCCCCCCCCCCC. The number of nitrogens with zero attached hydrogens (tertiary/aromatic N) is 1. The van der Waals surface area contributed by atoms with Crippen LogP contribution in [-0.4, -0.2) is 68.5 Å². The Hall–Kier alpha value is -1.28. The van der Waals surface area contributed by atoms with Crippen LogP contribution in [0.1, 0.15) is 322 Å². The van der Waals surface area contributed by atoms with E-state index in [0.29, 0.717) is 17.4 Å². The number of hydrogen-bond acceptors (Lipinski definition) is 6. The van der Waals surface area contributed by atoms with E-state index in [1.807, 2.05) is 27.2 Å². The second kappa shape index (κ2) is 56.4. The molecule has 0 aromatic rings. The highest BCUT2D eigenvalue weighted by atomic mass is 31.2. The molecule has 0 fully saturated rings. The molecule has 0 saturated carbocycles. The third-order valence-corrected chi connectivity index (χ3v) is 15.8. The third-order valence-electron chi connectivity index (χ3n) is 14.8. The van der Waals surface area contributed by atoms with E-state index < -0.39 is 26.6 Å². The summed E-state index contributed by atoms with van der Waals surface area (Å²) in [6.45, 7) is 4.67. The molecule has 0 aliphatic carbocycles. The number of allylic oxidation sites excluding steroid dienone is 5. The first-order chi connectivity index (χ1) is 36.0. The van der Waals surface area contributed by atoms with Gasteiger partial charge in [-0.25, -0.2) is 0 Å². The second-order valence-electron chi connectivity index (χ2n) is 23.5. The molecule has 0 bridgehead atoms. The molecular formula is C65H127N2O6P. The molecule has 74 heavy (non-hydrogen) atoms. The summed E-state index contributed by atoms with van der Waals surface area (Å²) in [6.07, 6.45) is 74.0. The molecule has 0 spiro atoms. The monoisotopic (exact) mass is 1060 g/mol. The van der Waals surface area contributed by atoms with Crippen LogP contribution in [0.4, 0.5) is 0 Å². The molecule has 3 atom stereocenters. The Bertz CT molecular complexity index is 1300. The van der Waals surface area contributed by atoms with Crippen LogP contribution in [0.5, 0.6) is 0 Å². The predicted molar refractivity (Wildman–Crippen MR) is 321 cm³/mol. The van der Waals surface area contributed by atoms with Gasteiger partial charge in [0.05, 0.1) is 39.9 Å². The van der Waals surface area contributed by atoms with Gasteiger partial charge >= 0.3 is 0 Å². The fourth-order valence-electron chi connectivity index (χ4n) is 9.76. The van der Waals surface area contributed by atoms with Crippen molar-refractivity contribution in [3.8, 4) is 0 Å². The Labute approximate surface area is 461 Å². The molecule has 0 saturated heterocycles. The summed E-state index contributed by atoms with van der Waals surface area (Å²) in [4.78, 5) is 25.6. The van der Waals surface area contributed by atoms with E-state index in [2.05, 4.69) is 43.5 Å². The highest BCUT2D eigenvalue weighted by Gasteiger charge is 2.23. The van der Waals surface area contributed by atoms with E-state index in [1.54, 1.807) is 6.08 Å². The van der Waals surface area contributed by atoms with Crippen LogP contribution in [0.15, 0.2) is 36.5 Å². The van der Waals surface area contributed by atoms with Crippen LogP contribution >= 0.6 is 7.82 Å². The smallest absolute Gasteiger partial charge is 0.268 e. The number of phosphoric ester groups is 1. The van der Waals surface area contributed by atoms with Crippen molar-refractivity contribution in [2.24, 2.45) is 0 Å². The molecule has 0 radical (unpaired) electrons. The van der Waals surface area contributed by atoms with E-state index in [4.69, 9.17) is 9.05 Å². The number of aliphatic hydroxyl groups is 1. The molecule has 0 heterocycles.